The van der Waals surface area contributed by atoms with Crippen molar-refractivity contribution in [3.05, 3.63) is 78.6 Å². The van der Waals surface area contributed by atoms with E-state index in [2.05, 4.69) is 10.2 Å². The van der Waals surface area contributed by atoms with Crippen molar-refractivity contribution in [2.24, 2.45) is 0 Å². The minimum Gasteiger partial charge on any atom is -0.495 e. The van der Waals surface area contributed by atoms with E-state index in [1.54, 1.807) is 31.4 Å². The van der Waals surface area contributed by atoms with Crippen molar-refractivity contribution in [1.29, 1.82) is 0 Å². The van der Waals surface area contributed by atoms with Crippen molar-refractivity contribution in [2.75, 3.05) is 19.9 Å². The number of carbonyl (C=O) groups is 1. The average Bonchev–Trinajstić information content (AvgIpc) is 3.47. The molecule has 0 saturated carbocycles. The summed E-state index contributed by atoms with van der Waals surface area (Å²) >= 11 is 1.33. The third-order valence-electron chi connectivity index (χ3n) is 4.71. The predicted molar refractivity (Wildman–Crippen MR) is 119 cm³/mol. The zero-order chi connectivity index (χ0) is 21.6. The topological polar surface area (TPSA) is 73.4 Å². The Balaban J connectivity index is 1.58. The minimum atomic E-state index is 0.00276. The lowest BCUT2D eigenvalue weighted by atomic mass is 10.2. The number of para-hydroxylation sites is 2. The first-order valence-corrected chi connectivity index (χ1v) is 10.7. The first-order chi connectivity index (χ1) is 15.2. The Labute approximate surface area is 184 Å². The smallest absolute Gasteiger partial charge is 0.233 e. The lowest BCUT2D eigenvalue weighted by molar-refractivity contribution is -0.127. The van der Waals surface area contributed by atoms with E-state index in [-0.39, 0.29) is 11.7 Å². The molecule has 8 heteroatoms. The highest BCUT2D eigenvalue weighted by atomic mass is 32.2. The molecule has 0 spiro atoms. The lowest BCUT2D eigenvalue weighted by Crippen LogP contribution is -2.27. The molecular weight excluding hydrogens is 412 g/mol. The van der Waals surface area contributed by atoms with E-state index in [9.17, 15) is 4.79 Å². The van der Waals surface area contributed by atoms with Gasteiger partial charge in [0.1, 0.15) is 5.75 Å². The Hall–Kier alpha value is -3.52. The molecule has 0 aliphatic rings. The van der Waals surface area contributed by atoms with Crippen LogP contribution in [-0.2, 0) is 11.3 Å². The Bertz CT molecular complexity index is 1140. The summed E-state index contributed by atoms with van der Waals surface area (Å²) in [6.07, 6.45) is 1.59. The molecule has 7 nitrogen and oxygen atoms in total. The summed E-state index contributed by atoms with van der Waals surface area (Å²) < 4.78 is 12.9. The van der Waals surface area contributed by atoms with Gasteiger partial charge < -0.3 is 14.1 Å². The Morgan fingerprint density at radius 3 is 2.58 bits per heavy atom. The summed E-state index contributed by atoms with van der Waals surface area (Å²) in [6.45, 7) is 0.553. The van der Waals surface area contributed by atoms with Gasteiger partial charge in [-0.3, -0.25) is 9.36 Å². The van der Waals surface area contributed by atoms with Crippen LogP contribution in [0.3, 0.4) is 0 Å². The van der Waals surface area contributed by atoms with E-state index < -0.39 is 0 Å². The third kappa shape index (κ3) is 4.64. The largest absolute Gasteiger partial charge is 0.495 e. The molecule has 0 saturated heterocycles. The second kappa shape index (κ2) is 9.53. The minimum absolute atomic E-state index is 0.00276. The fourth-order valence-corrected chi connectivity index (χ4v) is 4.03. The fourth-order valence-electron chi connectivity index (χ4n) is 3.14. The number of furan rings is 1. The van der Waals surface area contributed by atoms with E-state index in [0.29, 0.717) is 29.0 Å². The first-order valence-electron chi connectivity index (χ1n) is 9.70. The second-order valence-corrected chi connectivity index (χ2v) is 7.76. The number of rotatable bonds is 8. The normalized spacial score (nSPS) is 10.8. The van der Waals surface area contributed by atoms with Gasteiger partial charge in [-0.1, -0.05) is 54.2 Å². The average molecular weight is 435 g/mol. The number of amides is 1. The van der Waals surface area contributed by atoms with E-state index in [0.717, 1.165) is 11.3 Å². The number of ether oxygens (including phenoxy) is 1. The maximum Gasteiger partial charge on any atom is 0.233 e. The zero-order valence-corrected chi connectivity index (χ0v) is 18.1. The maximum absolute atomic E-state index is 12.7. The van der Waals surface area contributed by atoms with Crippen molar-refractivity contribution in [3.63, 3.8) is 0 Å². The Morgan fingerprint density at radius 2 is 1.84 bits per heavy atom. The highest BCUT2D eigenvalue weighted by Gasteiger charge is 2.21. The van der Waals surface area contributed by atoms with Gasteiger partial charge in [0.2, 0.25) is 11.7 Å². The predicted octanol–water partition coefficient (Wildman–Crippen LogP) is 4.29. The molecule has 0 bridgehead atoms. The monoisotopic (exact) mass is 434 g/mol. The first kappa shape index (κ1) is 20.7. The molecule has 0 radical (unpaired) electrons. The molecule has 0 atom stereocenters. The molecule has 0 N–H and O–H groups in total. The highest BCUT2D eigenvalue weighted by molar-refractivity contribution is 7.99. The molecule has 4 aromatic rings. The van der Waals surface area contributed by atoms with E-state index in [1.165, 1.54) is 11.8 Å². The molecule has 2 heterocycles. The lowest BCUT2D eigenvalue weighted by Gasteiger charge is -2.17. The number of nitrogens with zero attached hydrogens (tertiary/aromatic N) is 4. The second-order valence-electron chi connectivity index (χ2n) is 6.81. The SMILES string of the molecule is COc1ccccc1-n1c(SCC(=O)N(C)Cc2ccccc2)nnc1-c1ccco1. The van der Waals surface area contributed by atoms with Crippen LogP contribution >= 0.6 is 11.8 Å². The molecule has 0 aliphatic heterocycles. The van der Waals surface area contributed by atoms with Crippen LogP contribution in [0.25, 0.3) is 17.3 Å². The van der Waals surface area contributed by atoms with Crippen LogP contribution in [0.1, 0.15) is 5.56 Å². The van der Waals surface area contributed by atoms with Gasteiger partial charge in [0.05, 0.1) is 24.8 Å². The van der Waals surface area contributed by atoms with Crippen molar-refractivity contribution in [2.45, 2.75) is 11.7 Å². The number of benzene rings is 2. The summed E-state index contributed by atoms with van der Waals surface area (Å²) in [4.78, 5) is 14.4. The number of methoxy groups -OCH3 is 1. The molecule has 0 unspecified atom stereocenters. The quantitative estimate of drug-likeness (QED) is 0.385. The maximum atomic E-state index is 12.7. The summed E-state index contributed by atoms with van der Waals surface area (Å²) in [5, 5.41) is 9.23. The third-order valence-corrected chi connectivity index (χ3v) is 5.63. The molecule has 158 valence electrons. The molecule has 31 heavy (non-hydrogen) atoms. The van der Waals surface area contributed by atoms with Gasteiger partial charge in [0, 0.05) is 13.6 Å². The van der Waals surface area contributed by atoms with Crippen molar-refractivity contribution >= 4 is 17.7 Å². The summed E-state index contributed by atoms with van der Waals surface area (Å²) in [5.41, 5.74) is 1.86. The van der Waals surface area contributed by atoms with Crippen molar-refractivity contribution in [3.8, 4) is 23.0 Å². The van der Waals surface area contributed by atoms with Gasteiger partial charge in [0.15, 0.2) is 10.9 Å². The molecule has 4 rings (SSSR count). The van der Waals surface area contributed by atoms with Gasteiger partial charge in [0.25, 0.3) is 0 Å². The van der Waals surface area contributed by atoms with E-state index >= 15 is 0 Å². The van der Waals surface area contributed by atoms with Crippen LogP contribution in [-0.4, -0.2) is 45.5 Å². The van der Waals surface area contributed by atoms with Crippen LogP contribution < -0.4 is 4.74 Å². The molecular formula is C23H22N4O3S. The number of hydrogen-bond acceptors (Lipinski definition) is 6. The standard InChI is InChI=1S/C23H22N4O3S/c1-26(15-17-9-4-3-5-10-17)21(28)16-31-23-25-24-22(20-13-8-14-30-20)27(23)18-11-6-7-12-19(18)29-2/h3-14H,15-16H2,1-2H3. The van der Waals surface area contributed by atoms with E-state index in [4.69, 9.17) is 9.15 Å². The number of hydrogen-bond donors (Lipinski definition) is 0. The molecule has 2 aromatic heterocycles. The molecule has 1 amide bonds. The van der Waals surface area contributed by atoms with Gasteiger partial charge in [-0.15, -0.1) is 10.2 Å². The Morgan fingerprint density at radius 1 is 1.06 bits per heavy atom. The van der Waals surface area contributed by atoms with Crippen molar-refractivity contribution < 1.29 is 13.9 Å². The van der Waals surface area contributed by atoms with Gasteiger partial charge in [-0.2, -0.15) is 0 Å². The van der Waals surface area contributed by atoms with Crippen LogP contribution in [0.4, 0.5) is 0 Å². The number of thioether (sulfide) groups is 1. The molecule has 0 aliphatic carbocycles. The van der Waals surface area contributed by atoms with Crippen LogP contribution in [0.2, 0.25) is 0 Å². The molecule has 2 aromatic carbocycles. The Kier molecular flexibility index (Phi) is 6.37. The van der Waals surface area contributed by atoms with Gasteiger partial charge in [-0.05, 0) is 29.8 Å². The fraction of sp³-hybridized carbons (Fsp3) is 0.174. The summed E-state index contributed by atoms with van der Waals surface area (Å²) in [6, 6.07) is 21.1. The molecule has 0 fully saturated rings. The van der Waals surface area contributed by atoms with Crippen LogP contribution in [0.15, 0.2) is 82.6 Å². The van der Waals surface area contributed by atoms with Crippen LogP contribution in [0, 0.1) is 0 Å². The van der Waals surface area contributed by atoms with Crippen molar-refractivity contribution in [1.82, 2.24) is 19.7 Å². The van der Waals surface area contributed by atoms with E-state index in [1.807, 2.05) is 65.2 Å². The van der Waals surface area contributed by atoms with Gasteiger partial charge >= 0.3 is 0 Å². The van der Waals surface area contributed by atoms with Crippen LogP contribution in [0.5, 0.6) is 5.75 Å². The number of carbonyl (C=O) groups excluding carboxylic acids is 1. The van der Waals surface area contributed by atoms with Gasteiger partial charge in [-0.25, -0.2) is 0 Å². The summed E-state index contributed by atoms with van der Waals surface area (Å²) in [7, 11) is 3.42. The number of aromatic nitrogens is 3. The highest BCUT2D eigenvalue weighted by Crippen LogP contribution is 2.32. The zero-order valence-electron chi connectivity index (χ0n) is 17.3. The summed E-state index contributed by atoms with van der Waals surface area (Å²) in [5.74, 6) is 2.03.